The molecule has 5 atom stereocenters. The highest BCUT2D eigenvalue weighted by Gasteiger charge is 2.61. The zero-order chi connectivity index (χ0) is 32.6. The first-order chi connectivity index (χ1) is 21.9. The summed E-state index contributed by atoms with van der Waals surface area (Å²) in [5.41, 5.74) is -1.58. The van der Waals surface area contributed by atoms with Gasteiger partial charge >= 0.3 is 12.1 Å². The lowest BCUT2D eigenvalue weighted by molar-refractivity contribution is -0.147. The van der Waals surface area contributed by atoms with Crippen molar-refractivity contribution in [1.82, 2.24) is 9.88 Å². The van der Waals surface area contributed by atoms with E-state index in [1.807, 2.05) is 36.4 Å². The second kappa shape index (κ2) is 12.8. The molecule has 3 aromatic rings. The van der Waals surface area contributed by atoms with Crippen LogP contribution in [-0.4, -0.2) is 51.3 Å². The molecule has 46 heavy (non-hydrogen) atoms. The van der Waals surface area contributed by atoms with Crippen molar-refractivity contribution in [3.63, 3.8) is 0 Å². The first-order valence-electron chi connectivity index (χ1n) is 15.5. The van der Waals surface area contributed by atoms with Crippen LogP contribution in [0.25, 0.3) is 10.2 Å². The van der Waals surface area contributed by atoms with Gasteiger partial charge in [-0.25, -0.2) is 9.37 Å². The number of Topliss-reactive ketones (excluding diaryl/α,β-unsaturated/α-hetero) is 1. The Kier molecular flexibility index (Phi) is 8.93. The van der Waals surface area contributed by atoms with Gasteiger partial charge in [-0.1, -0.05) is 48.5 Å². The van der Waals surface area contributed by atoms with Crippen LogP contribution in [-0.2, 0) is 27.0 Å². The van der Waals surface area contributed by atoms with E-state index in [1.54, 1.807) is 0 Å². The Labute approximate surface area is 267 Å². The molecule has 2 aliphatic heterocycles. The van der Waals surface area contributed by atoms with Crippen LogP contribution in [0.2, 0.25) is 0 Å². The number of nitrogens with zero attached hydrogens (tertiary/aromatic N) is 2. The predicted molar refractivity (Wildman–Crippen MR) is 163 cm³/mol. The Morgan fingerprint density at radius 3 is 2.70 bits per heavy atom. The van der Waals surface area contributed by atoms with E-state index in [0.717, 1.165) is 35.2 Å². The van der Waals surface area contributed by atoms with Crippen LogP contribution in [0.15, 0.2) is 54.6 Å². The van der Waals surface area contributed by atoms with E-state index < -0.39 is 52.9 Å². The van der Waals surface area contributed by atoms with Crippen LogP contribution in [0, 0.1) is 23.1 Å². The van der Waals surface area contributed by atoms with Crippen molar-refractivity contribution in [3.05, 3.63) is 71.6 Å². The maximum absolute atomic E-state index is 14.3. The summed E-state index contributed by atoms with van der Waals surface area (Å²) in [5, 5.41) is 10.5. The van der Waals surface area contributed by atoms with E-state index in [4.69, 9.17) is 4.74 Å². The summed E-state index contributed by atoms with van der Waals surface area (Å²) < 4.78 is 61.9. The maximum Gasteiger partial charge on any atom is 0.416 e. The summed E-state index contributed by atoms with van der Waals surface area (Å²) in [6, 6.07) is 8.81. The third kappa shape index (κ3) is 6.82. The number of fused-ring (bicyclic) bond motifs is 3. The molecular weight excluding hydrogens is 624 g/mol. The largest absolute Gasteiger partial charge is 0.481 e. The van der Waals surface area contributed by atoms with Crippen molar-refractivity contribution < 1.29 is 41.8 Å². The zero-order valence-corrected chi connectivity index (χ0v) is 25.8. The van der Waals surface area contributed by atoms with Gasteiger partial charge in [0.25, 0.3) is 5.19 Å². The number of amides is 1. The summed E-state index contributed by atoms with van der Waals surface area (Å²) in [7, 11) is 0. The summed E-state index contributed by atoms with van der Waals surface area (Å²) in [5.74, 6) is -4.01. The molecule has 0 unspecified atom stereocenters. The molecule has 2 fully saturated rings. The number of hydrogen-bond acceptors (Lipinski definition) is 6. The first kappa shape index (κ1) is 32.2. The molecule has 2 aromatic carbocycles. The lowest BCUT2D eigenvalue weighted by Crippen LogP contribution is -2.45. The third-order valence-corrected chi connectivity index (χ3v) is 10.3. The Morgan fingerprint density at radius 2 is 1.93 bits per heavy atom. The molecule has 1 aromatic heterocycles. The molecule has 0 bridgehead atoms. The highest BCUT2D eigenvalue weighted by atomic mass is 32.1. The Balaban J connectivity index is 1.31. The number of para-hydroxylation sites is 1. The lowest BCUT2D eigenvalue weighted by Gasteiger charge is -2.29. The summed E-state index contributed by atoms with van der Waals surface area (Å²) in [4.78, 5) is 46.5. The number of benzene rings is 2. The SMILES string of the molecule is O=C1C[C@]2(C(=O)O)C[C@H]2/C=C\CCCCC[C@H](Cc2cc(F)cc(C(F)(F)F)c2)C(=O)N2C[C@H](Oc3nc4ccccc4s3)C[C@@H]12. The van der Waals surface area contributed by atoms with Crippen molar-refractivity contribution in [2.45, 2.75) is 76.1 Å². The second-order valence-corrected chi connectivity index (χ2v) is 13.7. The number of allylic oxidation sites excluding steroid dienone is 2. The molecule has 7 nitrogen and oxygen atoms in total. The van der Waals surface area contributed by atoms with Crippen LogP contribution in [0.3, 0.4) is 0 Å². The molecule has 244 valence electrons. The third-order valence-electron chi connectivity index (χ3n) is 9.42. The first-order valence-corrected chi connectivity index (χ1v) is 16.4. The highest BCUT2D eigenvalue weighted by molar-refractivity contribution is 7.20. The number of aliphatic carboxylic acids is 1. The van der Waals surface area contributed by atoms with Crippen LogP contribution < -0.4 is 4.74 Å². The minimum atomic E-state index is -4.76. The molecule has 6 rings (SSSR count). The van der Waals surface area contributed by atoms with Crippen molar-refractivity contribution >= 4 is 39.2 Å². The Morgan fingerprint density at radius 1 is 1.13 bits per heavy atom. The zero-order valence-electron chi connectivity index (χ0n) is 25.0. The van der Waals surface area contributed by atoms with Gasteiger partial charge in [-0.05, 0) is 73.9 Å². The van der Waals surface area contributed by atoms with Gasteiger partial charge in [-0.3, -0.25) is 14.4 Å². The number of halogens is 4. The number of aromatic nitrogens is 1. The van der Waals surface area contributed by atoms with Gasteiger partial charge in [-0.15, -0.1) is 0 Å². The number of rotatable bonds is 5. The van der Waals surface area contributed by atoms with E-state index in [-0.39, 0.29) is 43.1 Å². The fourth-order valence-corrected chi connectivity index (χ4v) is 7.75. The van der Waals surface area contributed by atoms with Crippen LogP contribution >= 0.6 is 11.3 Å². The monoisotopic (exact) mass is 658 g/mol. The maximum atomic E-state index is 14.3. The average Bonchev–Trinajstić information content (AvgIpc) is 3.31. The second-order valence-electron chi connectivity index (χ2n) is 12.7. The number of thiazole rings is 1. The van der Waals surface area contributed by atoms with Crippen LogP contribution in [0.5, 0.6) is 5.19 Å². The molecule has 3 aliphatic rings. The van der Waals surface area contributed by atoms with Gasteiger partial charge in [0.1, 0.15) is 11.9 Å². The van der Waals surface area contributed by atoms with Gasteiger partial charge in [0.2, 0.25) is 5.91 Å². The van der Waals surface area contributed by atoms with E-state index in [2.05, 4.69) is 4.98 Å². The molecule has 1 aliphatic carbocycles. The number of carboxylic acid groups (broad SMARTS) is 1. The lowest BCUT2D eigenvalue weighted by atomic mass is 9.90. The topological polar surface area (TPSA) is 96.8 Å². The highest BCUT2D eigenvalue weighted by Crippen LogP contribution is 2.57. The Hall–Kier alpha value is -3.80. The number of alkyl halides is 3. The minimum absolute atomic E-state index is 0.0298. The van der Waals surface area contributed by atoms with Gasteiger partial charge in [0.15, 0.2) is 5.78 Å². The van der Waals surface area contributed by atoms with Crippen molar-refractivity contribution in [3.8, 4) is 5.19 Å². The summed E-state index contributed by atoms with van der Waals surface area (Å²) in [6.45, 7) is 0.0298. The van der Waals surface area contributed by atoms with E-state index in [9.17, 15) is 37.1 Å². The number of ketones is 1. The number of hydrogen-bond donors (Lipinski definition) is 1. The van der Waals surface area contributed by atoms with Crippen LogP contribution in [0.4, 0.5) is 17.6 Å². The average molecular weight is 659 g/mol. The molecule has 1 amide bonds. The normalized spacial score (nSPS) is 28.2. The smallest absolute Gasteiger partial charge is 0.416 e. The van der Waals surface area contributed by atoms with Gasteiger partial charge in [0, 0.05) is 18.8 Å². The molecule has 1 N–H and O–H groups in total. The molecular formula is C34H34F4N2O5S. The van der Waals surface area contributed by atoms with Crippen molar-refractivity contribution in [2.75, 3.05) is 6.54 Å². The van der Waals surface area contributed by atoms with E-state index in [1.165, 1.54) is 16.2 Å². The van der Waals surface area contributed by atoms with E-state index in [0.29, 0.717) is 36.9 Å². The van der Waals surface area contributed by atoms with Crippen molar-refractivity contribution in [1.29, 1.82) is 0 Å². The molecule has 0 spiro atoms. The molecule has 1 saturated heterocycles. The standard InChI is InChI=1S/C34H34F4N2O5S/c35-24-14-20(13-23(15-24)34(36,37)38)12-21-8-4-2-1-3-5-9-22-17-33(22,31(43)44)18-28(41)27-16-25(19-40(27)30(21)42)45-32-39-26-10-6-7-11-29(26)46-32/h5-7,9-11,13-15,21-22,25,27H,1-4,8,12,16-19H2,(H,43,44)/b9-5-/t21-,22-,25-,27+,33-/m1/s1. The van der Waals surface area contributed by atoms with Gasteiger partial charge in [0.05, 0.1) is 33.8 Å². The summed E-state index contributed by atoms with van der Waals surface area (Å²) in [6.07, 6.45) is 1.70. The van der Waals surface area contributed by atoms with Gasteiger partial charge in [-0.2, -0.15) is 13.2 Å². The number of carboxylic acids is 1. The number of carbonyl (C=O) groups excluding carboxylic acids is 2. The van der Waals surface area contributed by atoms with Crippen LogP contribution in [0.1, 0.15) is 62.5 Å². The molecule has 12 heteroatoms. The molecule has 1 saturated carbocycles. The fraction of sp³-hybridized carbons (Fsp3) is 0.471. The van der Waals surface area contributed by atoms with E-state index >= 15 is 0 Å². The minimum Gasteiger partial charge on any atom is -0.481 e. The predicted octanol–water partition coefficient (Wildman–Crippen LogP) is 7.23. The number of carbonyl (C=O) groups is 3. The van der Waals surface area contributed by atoms with Gasteiger partial charge < -0.3 is 14.7 Å². The molecule has 3 heterocycles. The quantitative estimate of drug-likeness (QED) is 0.230. The Bertz CT molecular complexity index is 1640. The number of ether oxygens (including phenoxy) is 1. The fourth-order valence-electron chi connectivity index (χ4n) is 6.87. The van der Waals surface area contributed by atoms with Crippen molar-refractivity contribution in [2.24, 2.45) is 17.3 Å². The summed E-state index contributed by atoms with van der Waals surface area (Å²) >= 11 is 1.33. The molecule has 0 radical (unpaired) electrons.